The van der Waals surface area contributed by atoms with Crippen molar-refractivity contribution in [1.82, 2.24) is 4.98 Å². The van der Waals surface area contributed by atoms with Gasteiger partial charge in [-0.15, -0.1) is 0 Å². The molecule has 0 spiro atoms. The van der Waals surface area contributed by atoms with Crippen molar-refractivity contribution in [3.8, 4) is 0 Å². The smallest absolute Gasteiger partial charge is 0.222 e. The molecule has 1 fully saturated rings. The molecular weight excluding hydrogens is 310 g/mol. The summed E-state index contributed by atoms with van der Waals surface area (Å²) in [5.74, 6) is -0.874. The van der Waals surface area contributed by atoms with Gasteiger partial charge in [0.2, 0.25) is 5.79 Å². The second-order valence-corrected chi connectivity index (χ2v) is 6.12. The van der Waals surface area contributed by atoms with Crippen molar-refractivity contribution in [1.29, 1.82) is 0 Å². The SMILES string of the molecule is Cc1ccnc2ccc(C3(c4ccc(Cl)cc4)OCCO3)cc12. The van der Waals surface area contributed by atoms with Crippen LogP contribution in [0, 0.1) is 6.92 Å². The zero-order valence-electron chi connectivity index (χ0n) is 12.8. The number of hydrogen-bond acceptors (Lipinski definition) is 3. The van der Waals surface area contributed by atoms with Crippen LogP contribution in [0.15, 0.2) is 54.7 Å². The fourth-order valence-electron chi connectivity index (χ4n) is 3.07. The highest BCUT2D eigenvalue weighted by Gasteiger charge is 2.40. The molecule has 4 heteroatoms. The average Bonchev–Trinajstić information content (AvgIpc) is 3.06. The first-order chi connectivity index (χ1) is 11.2. The molecule has 23 heavy (non-hydrogen) atoms. The Morgan fingerprint density at radius 3 is 2.39 bits per heavy atom. The number of benzene rings is 2. The fraction of sp³-hybridized carbons (Fsp3) is 0.211. The van der Waals surface area contributed by atoms with E-state index in [-0.39, 0.29) is 0 Å². The molecule has 0 bridgehead atoms. The van der Waals surface area contributed by atoms with Gasteiger partial charge < -0.3 is 9.47 Å². The van der Waals surface area contributed by atoms with Gasteiger partial charge in [0.1, 0.15) is 0 Å². The van der Waals surface area contributed by atoms with Crippen LogP contribution in [0.25, 0.3) is 10.9 Å². The van der Waals surface area contributed by atoms with Gasteiger partial charge in [0, 0.05) is 27.7 Å². The van der Waals surface area contributed by atoms with Gasteiger partial charge in [-0.25, -0.2) is 0 Å². The molecule has 3 nitrogen and oxygen atoms in total. The molecule has 1 aliphatic rings. The topological polar surface area (TPSA) is 31.4 Å². The molecule has 2 aromatic carbocycles. The summed E-state index contributed by atoms with van der Waals surface area (Å²) in [5, 5.41) is 1.80. The number of aromatic nitrogens is 1. The van der Waals surface area contributed by atoms with Crippen LogP contribution in [0.1, 0.15) is 16.7 Å². The van der Waals surface area contributed by atoms with Crippen molar-refractivity contribution in [3.63, 3.8) is 0 Å². The molecule has 1 saturated heterocycles. The van der Waals surface area contributed by atoms with Crippen LogP contribution in [0.3, 0.4) is 0 Å². The van der Waals surface area contributed by atoms with Crippen LogP contribution in [-0.4, -0.2) is 18.2 Å². The molecule has 0 unspecified atom stereocenters. The lowest BCUT2D eigenvalue weighted by atomic mass is 9.95. The number of pyridine rings is 1. The van der Waals surface area contributed by atoms with Gasteiger partial charge in [-0.2, -0.15) is 0 Å². The number of halogens is 1. The van der Waals surface area contributed by atoms with E-state index >= 15 is 0 Å². The summed E-state index contributed by atoms with van der Waals surface area (Å²) in [5.41, 5.74) is 4.07. The summed E-state index contributed by atoms with van der Waals surface area (Å²) < 4.78 is 12.1. The summed E-state index contributed by atoms with van der Waals surface area (Å²) in [6, 6.07) is 15.8. The highest BCUT2D eigenvalue weighted by Crippen LogP contribution is 2.39. The van der Waals surface area contributed by atoms with E-state index in [9.17, 15) is 0 Å². The Labute approximate surface area is 139 Å². The highest BCUT2D eigenvalue weighted by atomic mass is 35.5. The molecular formula is C19H16ClNO2. The predicted molar refractivity (Wildman–Crippen MR) is 90.6 cm³/mol. The van der Waals surface area contributed by atoms with Gasteiger partial charge in [-0.1, -0.05) is 29.8 Å². The molecule has 0 atom stereocenters. The largest absolute Gasteiger partial charge is 0.340 e. The Morgan fingerprint density at radius 2 is 1.65 bits per heavy atom. The number of rotatable bonds is 2. The first kappa shape index (κ1) is 14.6. The second-order valence-electron chi connectivity index (χ2n) is 5.68. The minimum atomic E-state index is -0.874. The van der Waals surface area contributed by atoms with E-state index in [2.05, 4.69) is 18.0 Å². The lowest BCUT2D eigenvalue weighted by molar-refractivity contribution is -0.129. The van der Waals surface area contributed by atoms with Gasteiger partial charge in [0.05, 0.1) is 18.7 Å². The maximum absolute atomic E-state index is 6.06. The second kappa shape index (κ2) is 5.60. The maximum Gasteiger partial charge on any atom is 0.222 e. The monoisotopic (exact) mass is 325 g/mol. The van der Waals surface area contributed by atoms with Crippen LogP contribution < -0.4 is 0 Å². The number of hydrogen-bond donors (Lipinski definition) is 0. The molecule has 1 aliphatic heterocycles. The Morgan fingerprint density at radius 1 is 0.957 bits per heavy atom. The quantitative estimate of drug-likeness (QED) is 0.697. The zero-order valence-corrected chi connectivity index (χ0v) is 13.5. The number of aryl methyl sites for hydroxylation is 1. The number of nitrogens with zero attached hydrogens (tertiary/aromatic N) is 1. The minimum absolute atomic E-state index is 0.562. The first-order valence-corrected chi connectivity index (χ1v) is 7.97. The summed E-state index contributed by atoms with van der Waals surface area (Å²) in [6.07, 6.45) is 1.83. The van der Waals surface area contributed by atoms with E-state index in [0.29, 0.717) is 18.2 Å². The molecule has 3 aromatic rings. The van der Waals surface area contributed by atoms with Crippen molar-refractivity contribution < 1.29 is 9.47 Å². The maximum atomic E-state index is 6.06. The Hall–Kier alpha value is -1.94. The van der Waals surface area contributed by atoms with E-state index < -0.39 is 5.79 Å². The fourth-order valence-corrected chi connectivity index (χ4v) is 3.20. The predicted octanol–water partition coefficient (Wildman–Crippen LogP) is 4.44. The van der Waals surface area contributed by atoms with E-state index in [4.69, 9.17) is 21.1 Å². The Kier molecular flexibility index (Phi) is 3.57. The van der Waals surface area contributed by atoms with Crippen molar-refractivity contribution in [2.24, 2.45) is 0 Å². The van der Waals surface area contributed by atoms with Crippen LogP contribution in [-0.2, 0) is 15.3 Å². The number of ether oxygens (including phenoxy) is 2. The van der Waals surface area contributed by atoms with E-state index in [1.807, 2.05) is 48.7 Å². The number of fused-ring (bicyclic) bond motifs is 1. The standard InChI is InChI=1S/C19H16ClNO2/c1-13-8-9-21-18-7-4-15(12-17(13)18)19(22-10-11-23-19)14-2-5-16(20)6-3-14/h2-9,12H,10-11H2,1H3. The van der Waals surface area contributed by atoms with Gasteiger partial charge in [0.25, 0.3) is 0 Å². The summed E-state index contributed by atoms with van der Waals surface area (Å²) >= 11 is 6.02. The van der Waals surface area contributed by atoms with Crippen molar-refractivity contribution in [2.45, 2.75) is 12.7 Å². The molecule has 1 aromatic heterocycles. The zero-order chi connectivity index (χ0) is 15.9. The van der Waals surface area contributed by atoms with Crippen LogP contribution in [0.2, 0.25) is 5.02 Å². The minimum Gasteiger partial charge on any atom is -0.340 e. The average molecular weight is 326 g/mol. The molecule has 2 heterocycles. The Bertz CT molecular complexity index is 855. The molecule has 0 amide bonds. The van der Waals surface area contributed by atoms with Crippen molar-refractivity contribution in [2.75, 3.05) is 13.2 Å². The molecule has 0 radical (unpaired) electrons. The van der Waals surface area contributed by atoms with Crippen LogP contribution in [0.4, 0.5) is 0 Å². The normalized spacial score (nSPS) is 16.8. The van der Waals surface area contributed by atoms with Crippen molar-refractivity contribution in [3.05, 3.63) is 76.4 Å². The first-order valence-electron chi connectivity index (χ1n) is 7.59. The third kappa shape index (κ3) is 2.41. The van der Waals surface area contributed by atoms with Crippen molar-refractivity contribution >= 4 is 22.5 Å². The van der Waals surface area contributed by atoms with Gasteiger partial charge >= 0.3 is 0 Å². The molecule has 4 rings (SSSR count). The van der Waals surface area contributed by atoms with E-state index in [1.54, 1.807) is 0 Å². The molecule has 0 saturated carbocycles. The third-order valence-electron chi connectivity index (χ3n) is 4.26. The van der Waals surface area contributed by atoms with Gasteiger partial charge in [-0.3, -0.25) is 4.98 Å². The van der Waals surface area contributed by atoms with Gasteiger partial charge in [-0.05, 0) is 42.8 Å². The highest BCUT2D eigenvalue weighted by molar-refractivity contribution is 6.30. The molecule has 116 valence electrons. The van der Waals surface area contributed by atoms with E-state index in [0.717, 1.165) is 22.0 Å². The molecule has 0 N–H and O–H groups in total. The summed E-state index contributed by atoms with van der Waals surface area (Å²) in [7, 11) is 0. The van der Waals surface area contributed by atoms with E-state index in [1.165, 1.54) is 5.56 Å². The van der Waals surface area contributed by atoms with Crippen LogP contribution in [0.5, 0.6) is 0 Å². The Balaban J connectivity index is 1.91. The van der Waals surface area contributed by atoms with Crippen LogP contribution >= 0.6 is 11.6 Å². The third-order valence-corrected chi connectivity index (χ3v) is 4.51. The lowest BCUT2D eigenvalue weighted by Crippen LogP contribution is -2.28. The lowest BCUT2D eigenvalue weighted by Gasteiger charge is -2.28. The molecule has 0 aliphatic carbocycles. The summed E-state index contributed by atoms with van der Waals surface area (Å²) in [4.78, 5) is 4.42. The summed E-state index contributed by atoms with van der Waals surface area (Å²) in [6.45, 7) is 3.21. The van der Waals surface area contributed by atoms with Gasteiger partial charge in [0.15, 0.2) is 0 Å².